The molecule has 176 valence electrons. The molecule has 0 bridgehead atoms. The largest absolute Gasteiger partial charge is 0.369 e. The summed E-state index contributed by atoms with van der Waals surface area (Å²) in [6.07, 6.45) is 5.31. The fourth-order valence-electron chi connectivity index (χ4n) is 4.11. The van der Waals surface area contributed by atoms with Gasteiger partial charge in [0.05, 0.1) is 16.9 Å². The summed E-state index contributed by atoms with van der Waals surface area (Å²) in [7, 11) is 0. The standard InChI is InChI=1S/C22H26Cl2FN7O/c1-3-11(2)28-21-27-10-17-20(31-21)32(14-6-4-12(5-7-14)19(26)33)22(29-17)30-18-15(24)8-13(23)9-16(18)25/h8-12,14H,3-7H2,1-2H3,(H2,26,33)(H,29,30)(H,27,28,31)/t11?,12-,14-. The van der Waals surface area contributed by atoms with E-state index < -0.39 is 5.82 Å². The molecule has 4 rings (SSSR count). The van der Waals surface area contributed by atoms with Crippen LogP contribution in [0.1, 0.15) is 52.0 Å². The number of carbonyl (C=O) groups is 1. The predicted octanol–water partition coefficient (Wildman–Crippen LogP) is 5.44. The van der Waals surface area contributed by atoms with Gasteiger partial charge in [-0.15, -0.1) is 0 Å². The molecule has 3 aromatic rings. The van der Waals surface area contributed by atoms with Crippen LogP contribution in [0.5, 0.6) is 0 Å². The Hall–Kier alpha value is -2.65. The summed E-state index contributed by atoms with van der Waals surface area (Å²) in [5.41, 5.74) is 6.77. The zero-order valence-corrected chi connectivity index (χ0v) is 19.9. The quantitative estimate of drug-likeness (QED) is 0.403. The fourth-order valence-corrected chi connectivity index (χ4v) is 4.62. The van der Waals surface area contributed by atoms with Crippen LogP contribution in [0.3, 0.4) is 0 Å². The van der Waals surface area contributed by atoms with Crippen LogP contribution < -0.4 is 16.4 Å². The average molecular weight is 494 g/mol. The second-order valence-electron chi connectivity index (χ2n) is 8.44. The Balaban J connectivity index is 1.77. The third-order valence-electron chi connectivity index (χ3n) is 6.13. The van der Waals surface area contributed by atoms with Crippen molar-refractivity contribution in [2.75, 3.05) is 10.6 Å². The van der Waals surface area contributed by atoms with Gasteiger partial charge in [0.1, 0.15) is 11.3 Å². The molecule has 1 aliphatic rings. The second kappa shape index (κ2) is 9.69. The SMILES string of the molecule is CCC(C)Nc1ncc2nc(Nc3c(F)cc(Cl)cc3Cl)n([C@H]3CC[C@H](C(N)=O)CC3)c2n1. The van der Waals surface area contributed by atoms with Crippen LogP contribution in [0, 0.1) is 11.7 Å². The van der Waals surface area contributed by atoms with Crippen LogP contribution in [0.2, 0.25) is 10.0 Å². The molecule has 0 saturated heterocycles. The summed E-state index contributed by atoms with van der Waals surface area (Å²) in [6.45, 7) is 4.12. The summed E-state index contributed by atoms with van der Waals surface area (Å²) in [6, 6.07) is 2.85. The number of benzene rings is 1. The maximum atomic E-state index is 14.7. The van der Waals surface area contributed by atoms with Crippen LogP contribution in [-0.2, 0) is 4.79 Å². The Bertz CT molecular complexity index is 1150. The monoisotopic (exact) mass is 493 g/mol. The lowest BCUT2D eigenvalue weighted by Crippen LogP contribution is -2.29. The molecule has 33 heavy (non-hydrogen) atoms. The van der Waals surface area contributed by atoms with Crippen molar-refractivity contribution in [3.63, 3.8) is 0 Å². The smallest absolute Gasteiger partial charge is 0.224 e. The first-order valence-electron chi connectivity index (χ1n) is 11.0. The highest BCUT2D eigenvalue weighted by Crippen LogP contribution is 2.38. The molecule has 1 aromatic carbocycles. The van der Waals surface area contributed by atoms with Gasteiger partial charge in [-0.2, -0.15) is 4.98 Å². The van der Waals surface area contributed by atoms with Crippen LogP contribution >= 0.6 is 23.2 Å². The number of aromatic nitrogens is 4. The van der Waals surface area contributed by atoms with Gasteiger partial charge in [-0.25, -0.2) is 14.4 Å². The van der Waals surface area contributed by atoms with Crippen LogP contribution in [0.4, 0.5) is 22.0 Å². The Labute approximate surface area is 201 Å². The van der Waals surface area contributed by atoms with Gasteiger partial charge in [-0.3, -0.25) is 9.36 Å². The van der Waals surface area contributed by atoms with E-state index in [1.807, 2.05) is 11.5 Å². The van der Waals surface area contributed by atoms with E-state index in [2.05, 4.69) is 27.5 Å². The van der Waals surface area contributed by atoms with Crippen molar-refractivity contribution in [1.82, 2.24) is 19.5 Å². The topological polar surface area (TPSA) is 111 Å². The maximum absolute atomic E-state index is 14.7. The molecule has 1 unspecified atom stereocenters. The number of imidazole rings is 1. The zero-order valence-electron chi connectivity index (χ0n) is 18.4. The lowest BCUT2D eigenvalue weighted by Gasteiger charge is -2.29. The molecular formula is C22H26Cl2FN7O. The number of nitrogens with zero attached hydrogens (tertiary/aromatic N) is 4. The predicted molar refractivity (Wildman–Crippen MR) is 129 cm³/mol. The number of rotatable bonds is 7. The molecular weight excluding hydrogens is 468 g/mol. The van der Waals surface area contributed by atoms with Crippen molar-refractivity contribution in [3.05, 3.63) is 34.2 Å². The molecule has 8 nitrogen and oxygen atoms in total. The summed E-state index contributed by atoms with van der Waals surface area (Å²) in [5.74, 6) is -0.127. The van der Waals surface area contributed by atoms with Crippen LogP contribution in [0.25, 0.3) is 11.2 Å². The van der Waals surface area contributed by atoms with Gasteiger partial charge in [0.15, 0.2) is 5.65 Å². The molecule has 1 amide bonds. The number of halogens is 3. The van der Waals surface area contributed by atoms with Gasteiger partial charge in [0, 0.05) is 23.0 Å². The van der Waals surface area contributed by atoms with E-state index >= 15 is 0 Å². The number of anilines is 3. The van der Waals surface area contributed by atoms with Gasteiger partial charge in [0.25, 0.3) is 0 Å². The van der Waals surface area contributed by atoms with E-state index in [9.17, 15) is 9.18 Å². The van der Waals surface area contributed by atoms with E-state index in [1.54, 1.807) is 6.20 Å². The summed E-state index contributed by atoms with van der Waals surface area (Å²) in [4.78, 5) is 25.4. The van der Waals surface area contributed by atoms with Gasteiger partial charge in [0.2, 0.25) is 17.8 Å². The number of nitrogens with two attached hydrogens (primary N) is 1. The van der Waals surface area contributed by atoms with Gasteiger partial charge >= 0.3 is 0 Å². The minimum atomic E-state index is -0.589. The Morgan fingerprint density at radius 2 is 2.00 bits per heavy atom. The van der Waals surface area contributed by atoms with Crippen LogP contribution in [-0.4, -0.2) is 31.5 Å². The molecule has 1 fully saturated rings. The lowest BCUT2D eigenvalue weighted by molar-refractivity contribution is -0.122. The molecule has 2 aromatic heterocycles. The molecule has 11 heteroatoms. The number of hydrogen-bond donors (Lipinski definition) is 3. The van der Waals surface area contributed by atoms with E-state index in [4.69, 9.17) is 33.9 Å². The van der Waals surface area contributed by atoms with Crippen molar-refractivity contribution < 1.29 is 9.18 Å². The number of nitrogens with one attached hydrogen (secondary N) is 2. The first-order chi connectivity index (χ1) is 15.8. The van der Waals surface area contributed by atoms with Gasteiger partial charge in [-0.1, -0.05) is 30.1 Å². The molecule has 4 N–H and O–H groups in total. The minimum absolute atomic E-state index is 0.00594. The molecule has 1 atom stereocenters. The van der Waals surface area contributed by atoms with E-state index in [0.717, 1.165) is 6.42 Å². The van der Waals surface area contributed by atoms with E-state index in [1.165, 1.54) is 12.1 Å². The normalized spacial score (nSPS) is 19.4. The maximum Gasteiger partial charge on any atom is 0.224 e. The van der Waals surface area contributed by atoms with Crippen molar-refractivity contribution in [3.8, 4) is 0 Å². The van der Waals surface area contributed by atoms with Gasteiger partial charge < -0.3 is 16.4 Å². The molecule has 0 spiro atoms. The number of fused-ring (bicyclic) bond motifs is 1. The number of amides is 1. The van der Waals surface area contributed by atoms with Crippen molar-refractivity contribution in [1.29, 1.82) is 0 Å². The average Bonchev–Trinajstić information content (AvgIpc) is 3.13. The highest BCUT2D eigenvalue weighted by Gasteiger charge is 2.29. The highest BCUT2D eigenvalue weighted by atomic mass is 35.5. The van der Waals surface area contributed by atoms with Crippen molar-refractivity contribution in [2.45, 2.75) is 58.0 Å². The van der Waals surface area contributed by atoms with Crippen LogP contribution in [0.15, 0.2) is 18.3 Å². The number of primary amides is 1. The second-order valence-corrected chi connectivity index (χ2v) is 9.28. The van der Waals surface area contributed by atoms with Gasteiger partial charge in [-0.05, 0) is 51.2 Å². The Morgan fingerprint density at radius 1 is 1.27 bits per heavy atom. The molecule has 2 heterocycles. The molecule has 0 aliphatic heterocycles. The highest BCUT2D eigenvalue weighted by molar-refractivity contribution is 6.36. The lowest BCUT2D eigenvalue weighted by atomic mass is 9.85. The molecule has 0 radical (unpaired) electrons. The zero-order chi connectivity index (χ0) is 23.7. The summed E-state index contributed by atoms with van der Waals surface area (Å²) >= 11 is 12.2. The fraction of sp³-hybridized carbons (Fsp3) is 0.455. The number of carbonyl (C=O) groups excluding carboxylic acids is 1. The Kier molecular flexibility index (Phi) is 6.90. The third kappa shape index (κ3) is 4.99. The summed E-state index contributed by atoms with van der Waals surface area (Å²) < 4.78 is 16.6. The van der Waals surface area contributed by atoms with Crippen molar-refractivity contribution in [2.24, 2.45) is 11.7 Å². The van der Waals surface area contributed by atoms with E-state index in [-0.39, 0.29) is 39.6 Å². The first-order valence-corrected chi connectivity index (χ1v) is 11.7. The van der Waals surface area contributed by atoms with Crippen molar-refractivity contribution >= 4 is 57.9 Å². The summed E-state index contributed by atoms with van der Waals surface area (Å²) in [5, 5.41) is 6.66. The Morgan fingerprint density at radius 3 is 2.64 bits per heavy atom. The molecule has 1 saturated carbocycles. The molecule has 1 aliphatic carbocycles. The third-order valence-corrected chi connectivity index (χ3v) is 6.64. The number of hydrogen-bond acceptors (Lipinski definition) is 6. The van der Waals surface area contributed by atoms with E-state index in [0.29, 0.717) is 48.7 Å². The minimum Gasteiger partial charge on any atom is -0.369 e. The first kappa shape index (κ1) is 23.5.